The standard InChI is InChI=1S/C23H16ClNO2/c1-15-22(21(26)13-12-18-5-4-14-27-18)23(16-8-10-17(24)11-9-16)19-6-2-3-7-20(19)25-15/h2-14H,1H3/b13-12+. The monoisotopic (exact) mass is 373 g/mol. The summed E-state index contributed by atoms with van der Waals surface area (Å²) in [6, 6.07) is 18.9. The van der Waals surface area contributed by atoms with Crippen LogP contribution in [0.15, 0.2) is 77.4 Å². The highest BCUT2D eigenvalue weighted by Gasteiger charge is 2.18. The van der Waals surface area contributed by atoms with Gasteiger partial charge in [0.1, 0.15) is 5.76 Å². The molecule has 0 saturated heterocycles. The highest BCUT2D eigenvalue weighted by atomic mass is 35.5. The van der Waals surface area contributed by atoms with E-state index in [0.717, 1.165) is 22.0 Å². The summed E-state index contributed by atoms with van der Waals surface area (Å²) in [7, 11) is 0. The summed E-state index contributed by atoms with van der Waals surface area (Å²) in [5, 5.41) is 1.58. The van der Waals surface area contributed by atoms with Gasteiger partial charge in [-0.25, -0.2) is 0 Å². The highest BCUT2D eigenvalue weighted by Crippen LogP contribution is 2.34. The van der Waals surface area contributed by atoms with E-state index in [1.807, 2.05) is 55.5 Å². The number of halogens is 1. The Morgan fingerprint density at radius 2 is 1.81 bits per heavy atom. The van der Waals surface area contributed by atoms with Crippen molar-refractivity contribution in [2.24, 2.45) is 0 Å². The minimum atomic E-state index is -0.118. The summed E-state index contributed by atoms with van der Waals surface area (Å²) in [5.74, 6) is 0.509. The van der Waals surface area contributed by atoms with Crippen molar-refractivity contribution in [1.82, 2.24) is 4.98 Å². The van der Waals surface area contributed by atoms with Crippen molar-refractivity contribution in [3.05, 3.63) is 95.0 Å². The summed E-state index contributed by atoms with van der Waals surface area (Å²) in [4.78, 5) is 17.7. The van der Waals surface area contributed by atoms with Crippen LogP contribution in [0.4, 0.5) is 0 Å². The van der Waals surface area contributed by atoms with Crippen molar-refractivity contribution in [2.45, 2.75) is 6.92 Å². The maximum absolute atomic E-state index is 13.1. The molecule has 0 aliphatic heterocycles. The summed E-state index contributed by atoms with van der Waals surface area (Å²) in [6.45, 7) is 1.86. The molecule has 0 fully saturated rings. The molecule has 0 bridgehead atoms. The molecular formula is C23H16ClNO2. The third-order valence-corrected chi connectivity index (χ3v) is 4.65. The van der Waals surface area contributed by atoms with E-state index < -0.39 is 0 Å². The number of aromatic nitrogens is 1. The van der Waals surface area contributed by atoms with E-state index in [0.29, 0.717) is 22.0 Å². The van der Waals surface area contributed by atoms with Crippen LogP contribution >= 0.6 is 11.6 Å². The Hall–Kier alpha value is -3.17. The van der Waals surface area contributed by atoms with Gasteiger partial charge in [-0.05, 0) is 55.0 Å². The largest absolute Gasteiger partial charge is 0.465 e. The number of hydrogen-bond acceptors (Lipinski definition) is 3. The topological polar surface area (TPSA) is 43.1 Å². The van der Waals surface area contributed by atoms with Crippen molar-refractivity contribution in [1.29, 1.82) is 0 Å². The number of ketones is 1. The van der Waals surface area contributed by atoms with Gasteiger partial charge in [0, 0.05) is 21.7 Å². The van der Waals surface area contributed by atoms with Crippen molar-refractivity contribution in [2.75, 3.05) is 0 Å². The van der Waals surface area contributed by atoms with E-state index in [1.54, 1.807) is 24.5 Å². The fourth-order valence-electron chi connectivity index (χ4n) is 3.18. The highest BCUT2D eigenvalue weighted by molar-refractivity contribution is 6.30. The van der Waals surface area contributed by atoms with Gasteiger partial charge in [0.15, 0.2) is 5.78 Å². The fraction of sp³-hybridized carbons (Fsp3) is 0.0435. The van der Waals surface area contributed by atoms with E-state index in [-0.39, 0.29) is 5.78 Å². The number of fused-ring (bicyclic) bond motifs is 1. The summed E-state index contributed by atoms with van der Waals surface area (Å²) in [5.41, 5.74) is 3.91. The van der Waals surface area contributed by atoms with Gasteiger partial charge < -0.3 is 4.42 Å². The van der Waals surface area contributed by atoms with E-state index in [9.17, 15) is 4.79 Å². The average molecular weight is 374 g/mol. The quantitative estimate of drug-likeness (QED) is 0.309. The third-order valence-electron chi connectivity index (χ3n) is 4.39. The molecule has 4 aromatic rings. The van der Waals surface area contributed by atoms with Gasteiger partial charge in [0.05, 0.1) is 17.3 Å². The lowest BCUT2D eigenvalue weighted by Gasteiger charge is -2.14. The molecule has 4 rings (SSSR count). The molecule has 27 heavy (non-hydrogen) atoms. The first-order chi connectivity index (χ1) is 13.1. The van der Waals surface area contributed by atoms with Crippen molar-refractivity contribution < 1.29 is 9.21 Å². The second-order valence-corrected chi connectivity index (χ2v) is 6.62. The predicted octanol–water partition coefficient (Wildman–Crippen LogP) is 6.35. The van der Waals surface area contributed by atoms with Crippen LogP contribution in [-0.4, -0.2) is 10.8 Å². The summed E-state index contributed by atoms with van der Waals surface area (Å²) < 4.78 is 5.28. The van der Waals surface area contributed by atoms with Gasteiger partial charge in [-0.15, -0.1) is 0 Å². The summed E-state index contributed by atoms with van der Waals surface area (Å²) in [6.07, 6.45) is 4.77. The number of pyridine rings is 1. The predicted molar refractivity (Wildman–Crippen MR) is 109 cm³/mol. The van der Waals surface area contributed by atoms with Gasteiger partial charge in [-0.2, -0.15) is 0 Å². The van der Waals surface area contributed by atoms with Gasteiger partial charge in [0.25, 0.3) is 0 Å². The molecule has 0 amide bonds. The SMILES string of the molecule is Cc1nc2ccccc2c(-c2ccc(Cl)cc2)c1C(=O)/C=C/c1ccco1. The number of furan rings is 1. The Bertz CT molecular complexity index is 1140. The van der Waals surface area contributed by atoms with Gasteiger partial charge >= 0.3 is 0 Å². The van der Waals surface area contributed by atoms with Crippen molar-refractivity contribution in [3.8, 4) is 11.1 Å². The van der Waals surface area contributed by atoms with Crippen LogP contribution in [0.1, 0.15) is 21.8 Å². The first-order valence-electron chi connectivity index (χ1n) is 8.54. The van der Waals surface area contributed by atoms with Crippen molar-refractivity contribution in [3.63, 3.8) is 0 Å². The molecular weight excluding hydrogens is 358 g/mol. The van der Waals surface area contributed by atoms with Crippen LogP contribution in [0, 0.1) is 6.92 Å². The third kappa shape index (κ3) is 3.42. The Kier molecular flexibility index (Phi) is 4.61. The molecule has 0 aliphatic carbocycles. The molecule has 0 saturated carbocycles. The Labute approximate surface area is 161 Å². The minimum absolute atomic E-state index is 0.118. The van der Waals surface area contributed by atoms with E-state index in [1.165, 1.54) is 6.08 Å². The number of rotatable bonds is 4. The van der Waals surface area contributed by atoms with Crippen LogP contribution in [0.25, 0.3) is 28.1 Å². The molecule has 4 heteroatoms. The molecule has 2 aromatic heterocycles. The second kappa shape index (κ2) is 7.22. The molecule has 2 heterocycles. The number of carbonyl (C=O) groups is 1. The number of aryl methyl sites for hydroxylation is 1. The molecule has 0 spiro atoms. The molecule has 2 aromatic carbocycles. The molecule has 0 atom stereocenters. The second-order valence-electron chi connectivity index (χ2n) is 6.18. The van der Waals surface area contributed by atoms with Crippen LogP contribution in [0.3, 0.4) is 0 Å². The molecule has 0 radical (unpaired) electrons. The maximum Gasteiger partial charge on any atom is 0.188 e. The Balaban J connectivity index is 1.93. The zero-order valence-electron chi connectivity index (χ0n) is 14.6. The van der Waals surface area contributed by atoms with Crippen LogP contribution in [0.5, 0.6) is 0 Å². The fourth-order valence-corrected chi connectivity index (χ4v) is 3.31. The van der Waals surface area contributed by atoms with E-state index in [2.05, 4.69) is 4.98 Å². The Morgan fingerprint density at radius 3 is 2.56 bits per heavy atom. The number of para-hydroxylation sites is 1. The summed E-state index contributed by atoms with van der Waals surface area (Å²) >= 11 is 6.06. The van der Waals surface area contributed by atoms with Crippen LogP contribution in [0.2, 0.25) is 5.02 Å². The number of nitrogens with zero attached hydrogens (tertiary/aromatic N) is 1. The van der Waals surface area contributed by atoms with Gasteiger partial charge in [-0.3, -0.25) is 9.78 Å². The zero-order valence-corrected chi connectivity index (χ0v) is 15.4. The molecule has 0 aliphatic rings. The smallest absolute Gasteiger partial charge is 0.188 e. The van der Waals surface area contributed by atoms with E-state index >= 15 is 0 Å². The lowest BCUT2D eigenvalue weighted by molar-refractivity contribution is 0.104. The van der Waals surface area contributed by atoms with Gasteiger partial charge in [-0.1, -0.05) is 41.9 Å². The molecule has 132 valence electrons. The zero-order chi connectivity index (χ0) is 18.8. The first kappa shape index (κ1) is 17.3. The molecule has 0 N–H and O–H groups in total. The van der Waals surface area contributed by atoms with Crippen LogP contribution in [-0.2, 0) is 0 Å². The lowest BCUT2D eigenvalue weighted by atomic mass is 9.92. The normalized spacial score (nSPS) is 11.3. The van der Waals surface area contributed by atoms with E-state index in [4.69, 9.17) is 16.0 Å². The molecule has 0 unspecified atom stereocenters. The van der Waals surface area contributed by atoms with Gasteiger partial charge in [0.2, 0.25) is 0 Å². The lowest BCUT2D eigenvalue weighted by Crippen LogP contribution is -2.05. The average Bonchev–Trinajstić information content (AvgIpc) is 3.19. The minimum Gasteiger partial charge on any atom is -0.465 e. The van der Waals surface area contributed by atoms with Crippen molar-refractivity contribution >= 4 is 34.4 Å². The molecule has 3 nitrogen and oxygen atoms in total. The van der Waals surface area contributed by atoms with Crippen LogP contribution < -0.4 is 0 Å². The number of carbonyl (C=O) groups excluding carboxylic acids is 1. The maximum atomic E-state index is 13.1. The number of hydrogen-bond donors (Lipinski definition) is 0. The number of benzene rings is 2. The Morgan fingerprint density at radius 1 is 1.04 bits per heavy atom. The first-order valence-corrected chi connectivity index (χ1v) is 8.92. The number of allylic oxidation sites excluding steroid dienone is 1.